The molecule has 4 nitrogen and oxygen atoms in total. The Morgan fingerprint density at radius 2 is 1.85 bits per heavy atom. The van der Waals surface area contributed by atoms with Crippen molar-refractivity contribution in [3.05, 3.63) is 17.3 Å². The molecule has 0 amide bonds. The molecule has 0 spiro atoms. The summed E-state index contributed by atoms with van der Waals surface area (Å²) in [6, 6.07) is 0. The van der Waals surface area contributed by atoms with Crippen molar-refractivity contribution in [1.82, 2.24) is 4.98 Å². The summed E-state index contributed by atoms with van der Waals surface area (Å²) in [7, 11) is 0. The van der Waals surface area contributed by atoms with Gasteiger partial charge in [-0.3, -0.25) is 0 Å². The number of halogens is 5. The van der Waals surface area contributed by atoms with E-state index in [0.29, 0.717) is 0 Å². The molecule has 0 radical (unpaired) electrons. The summed E-state index contributed by atoms with van der Waals surface area (Å²) in [5.41, 5.74) is -1.63. The van der Waals surface area contributed by atoms with Crippen molar-refractivity contribution in [3.63, 3.8) is 0 Å². The third kappa shape index (κ3) is 2.91. The molecule has 1 N–H and O–H groups in total. The van der Waals surface area contributed by atoms with Crippen LogP contribution in [-0.4, -0.2) is 22.0 Å². The smallest absolute Gasteiger partial charge is 0.437 e. The molecule has 9 heteroatoms. The molecular formula is C11H10F5NO3. The average Bonchev–Trinajstić information content (AvgIpc) is 2.73. The van der Waals surface area contributed by atoms with Crippen LogP contribution in [0.4, 0.5) is 22.0 Å². The Balaban J connectivity index is 2.28. The summed E-state index contributed by atoms with van der Waals surface area (Å²) in [6.07, 6.45) is -6.12. The first-order chi connectivity index (χ1) is 9.10. The fraction of sp³-hybridized carbons (Fsp3) is 0.636. The van der Waals surface area contributed by atoms with Gasteiger partial charge in [-0.15, -0.1) is 0 Å². The highest BCUT2D eigenvalue weighted by Gasteiger charge is 2.43. The Morgan fingerprint density at radius 3 is 2.25 bits per heavy atom. The first-order valence-electron chi connectivity index (χ1n) is 5.79. The Labute approximate surface area is 109 Å². The molecule has 0 bridgehead atoms. The highest BCUT2D eigenvalue weighted by Crippen LogP contribution is 2.42. The maximum Gasteiger partial charge on any atom is 0.437 e. The standard InChI is InChI=1S/C11H10F5NO3/c12-10(13)3-1-5(2-4-10)8-17-7(11(14,15)16)6(20-8)9(18)19/h5H,1-4H2,(H,18,19). The summed E-state index contributed by atoms with van der Waals surface area (Å²) < 4.78 is 68.4. The van der Waals surface area contributed by atoms with E-state index in [1.54, 1.807) is 0 Å². The lowest BCUT2D eigenvalue weighted by atomic mass is 9.87. The van der Waals surface area contributed by atoms with E-state index in [2.05, 4.69) is 9.40 Å². The van der Waals surface area contributed by atoms with Crippen LogP contribution >= 0.6 is 0 Å². The Hall–Kier alpha value is -1.67. The molecule has 1 heterocycles. The number of aromatic carboxylic acids is 1. The van der Waals surface area contributed by atoms with E-state index < -0.39 is 54.2 Å². The molecule has 1 aromatic rings. The molecule has 20 heavy (non-hydrogen) atoms. The first kappa shape index (κ1) is 14.7. The van der Waals surface area contributed by atoms with Gasteiger partial charge in [0.2, 0.25) is 11.7 Å². The highest BCUT2D eigenvalue weighted by molar-refractivity contribution is 5.85. The predicted octanol–water partition coefficient (Wildman–Crippen LogP) is 3.68. The molecule has 112 valence electrons. The van der Waals surface area contributed by atoms with Crippen LogP contribution in [0.15, 0.2) is 4.42 Å². The second-order valence-electron chi connectivity index (χ2n) is 4.66. The fourth-order valence-electron chi connectivity index (χ4n) is 2.14. The molecular weight excluding hydrogens is 289 g/mol. The number of alkyl halides is 5. The summed E-state index contributed by atoms with van der Waals surface area (Å²) in [4.78, 5) is 13.9. The van der Waals surface area contributed by atoms with Crippen molar-refractivity contribution < 1.29 is 36.3 Å². The number of carboxylic acid groups (broad SMARTS) is 1. The average molecular weight is 299 g/mol. The SMILES string of the molecule is O=C(O)c1oc(C2CCC(F)(F)CC2)nc1C(F)(F)F. The summed E-state index contributed by atoms with van der Waals surface area (Å²) in [6.45, 7) is 0. The van der Waals surface area contributed by atoms with Gasteiger partial charge in [0, 0.05) is 18.8 Å². The lowest BCUT2D eigenvalue weighted by molar-refractivity contribution is -0.141. The second-order valence-corrected chi connectivity index (χ2v) is 4.66. The van der Waals surface area contributed by atoms with Crippen LogP contribution in [0.2, 0.25) is 0 Å². The van der Waals surface area contributed by atoms with E-state index in [0.717, 1.165) is 0 Å². The number of hydrogen-bond acceptors (Lipinski definition) is 3. The molecule has 1 fully saturated rings. The van der Waals surface area contributed by atoms with E-state index >= 15 is 0 Å². The molecule has 1 saturated carbocycles. The lowest BCUT2D eigenvalue weighted by Gasteiger charge is -2.26. The van der Waals surface area contributed by atoms with Gasteiger partial charge in [0.15, 0.2) is 11.6 Å². The van der Waals surface area contributed by atoms with Crippen LogP contribution in [0, 0.1) is 0 Å². The van der Waals surface area contributed by atoms with Crippen molar-refractivity contribution in [3.8, 4) is 0 Å². The van der Waals surface area contributed by atoms with Crippen LogP contribution in [0.3, 0.4) is 0 Å². The third-order valence-electron chi connectivity index (χ3n) is 3.17. The first-order valence-corrected chi connectivity index (χ1v) is 5.79. The van der Waals surface area contributed by atoms with Gasteiger partial charge < -0.3 is 9.52 Å². The Kier molecular flexibility index (Phi) is 3.47. The molecule has 0 atom stereocenters. The topological polar surface area (TPSA) is 63.3 Å². The molecule has 0 saturated heterocycles. The van der Waals surface area contributed by atoms with Gasteiger partial charge in [0.05, 0.1) is 0 Å². The zero-order chi connectivity index (χ0) is 15.1. The highest BCUT2D eigenvalue weighted by atomic mass is 19.4. The molecule has 0 aromatic carbocycles. The molecule has 0 aliphatic heterocycles. The van der Waals surface area contributed by atoms with Gasteiger partial charge in [-0.2, -0.15) is 13.2 Å². The maximum absolute atomic E-state index is 13.0. The zero-order valence-electron chi connectivity index (χ0n) is 10.0. The normalized spacial score (nSPS) is 20.1. The van der Waals surface area contributed by atoms with Gasteiger partial charge in [-0.25, -0.2) is 18.6 Å². The quantitative estimate of drug-likeness (QED) is 0.846. The number of carboxylic acids is 1. The van der Waals surface area contributed by atoms with Crippen LogP contribution in [0.5, 0.6) is 0 Å². The van der Waals surface area contributed by atoms with E-state index in [4.69, 9.17) is 5.11 Å². The molecule has 1 aromatic heterocycles. The van der Waals surface area contributed by atoms with Crippen LogP contribution in [-0.2, 0) is 6.18 Å². The predicted molar refractivity (Wildman–Crippen MR) is 54.6 cm³/mol. The molecule has 0 unspecified atom stereocenters. The van der Waals surface area contributed by atoms with Crippen molar-refractivity contribution >= 4 is 5.97 Å². The minimum Gasteiger partial charge on any atom is -0.475 e. The maximum atomic E-state index is 13.0. The van der Waals surface area contributed by atoms with E-state index in [1.165, 1.54) is 0 Å². The van der Waals surface area contributed by atoms with Gasteiger partial charge in [-0.1, -0.05) is 0 Å². The van der Waals surface area contributed by atoms with Crippen LogP contribution in [0.25, 0.3) is 0 Å². The van der Waals surface area contributed by atoms with Crippen LogP contribution in [0.1, 0.15) is 53.7 Å². The van der Waals surface area contributed by atoms with Gasteiger partial charge in [0.25, 0.3) is 0 Å². The number of oxazole rings is 1. The van der Waals surface area contributed by atoms with E-state index in [9.17, 15) is 26.7 Å². The van der Waals surface area contributed by atoms with Gasteiger partial charge >= 0.3 is 12.1 Å². The molecule has 1 aliphatic rings. The number of aromatic nitrogens is 1. The minimum atomic E-state index is -4.96. The van der Waals surface area contributed by atoms with Crippen LogP contribution < -0.4 is 0 Å². The third-order valence-corrected chi connectivity index (χ3v) is 3.17. The van der Waals surface area contributed by atoms with Gasteiger partial charge in [-0.05, 0) is 12.8 Å². The fourth-order valence-corrected chi connectivity index (χ4v) is 2.14. The number of carbonyl (C=O) groups is 1. The Bertz CT molecular complexity index is 513. The zero-order valence-corrected chi connectivity index (χ0v) is 10.0. The number of nitrogens with zero attached hydrogens (tertiary/aromatic N) is 1. The second kappa shape index (κ2) is 4.71. The lowest BCUT2D eigenvalue weighted by Crippen LogP contribution is -2.23. The molecule has 1 aliphatic carbocycles. The summed E-state index contributed by atoms with van der Waals surface area (Å²) in [5.74, 6) is -7.19. The monoisotopic (exact) mass is 299 g/mol. The van der Waals surface area contributed by atoms with E-state index in [1.807, 2.05) is 0 Å². The van der Waals surface area contributed by atoms with Crippen molar-refractivity contribution in [1.29, 1.82) is 0 Å². The van der Waals surface area contributed by atoms with Crippen molar-refractivity contribution in [2.45, 2.75) is 43.7 Å². The Morgan fingerprint density at radius 1 is 1.30 bits per heavy atom. The molecule has 2 rings (SSSR count). The summed E-state index contributed by atoms with van der Waals surface area (Å²) in [5, 5.41) is 8.67. The summed E-state index contributed by atoms with van der Waals surface area (Å²) >= 11 is 0. The van der Waals surface area contributed by atoms with Crippen molar-refractivity contribution in [2.75, 3.05) is 0 Å². The van der Waals surface area contributed by atoms with Crippen molar-refractivity contribution in [2.24, 2.45) is 0 Å². The van der Waals surface area contributed by atoms with E-state index in [-0.39, 0.29) is 12.8 Å². The van der Waals surface area contributed by atoms with Gasteiger partial charge in [0.1, 0.15) is 0 Å². The minimum absolute atomic E-state index is 0.0934. The largest absolute Gasteiger partial charge is 0.475 e. The number of hydrogen-bond donors (Lipinski definition) is 1. The number of rotatable bonds is 2.